The monoisotopic (exact) mass is 262 g/mol. The van der Waals surface area contributed by atoms with Gasteiger partial charge in [0.2, 0.25) is 0 Å². The minimum absolute atomic E-state index is 0.270. The van der Waals surface area contributed by atoms with Gasteiger partial charge in [-0.15, -0.1) is 0 Å². The molecule has 0 heterocycles. The molecule has 106 valence electrons. The Balaban J connectivity index is 2.51. The fourth-order valence-electron chi connectivity index (χ4n) is 3.65. The normalized spacial score (nSPS) is 31.3. The highest BCUT2D eigenvalue weighted by Gasteiger charge is 2.42. The van der Waals surface area contributed by atoms with Crippen LogP contribution >= 0.6 is 0 Å². The first-order valence-corrected chi connectivity index (χ1v) is 7.26. The highest BCUT2D eigenvalue weighted by molar-refractivity contribution is 5.47. The summed E-state index contributed by atoms with van der Waals surface area (Å²) in [5.74, 6) is 1.81. The van der Waals surface area contributed by atoms with Crippen molar-refractivity contribution in [2.45, 2.75) is 52.6 Å². The van der Waals surface area contributed by atoms with E-state index in [-0.39, 0.29) is 5.92 Å². The van der Waals surface area contributed by atoms with Crippen LogP contribution in [-0.4, -0.2) is 12.2 Å². The lowest BCUT2D eigenvalue weighted by Gasteiger charge is -2.42. The standard InChI is InChI=1S/C17H26O2/c1-11-6-7-17(18,14(4)9-11)16-13(3)8-12(2)10-15(16)19-5/h8,10-11,14,18H,6-7,9H2,1-5H3. The zero-order chi connectivity index (χ0) is 14.2. The fraction of sp³-hybridized carbons (Fsp3) is 0.647. The molecule has 1 aliphatic rings. The second-order valence-electron chi connectivity index (χ2n) is 6.36. The summed E-state index contributed by atoms with van der Waals surface area (Å²) in [5, 5.41) is 11.2. The molecule has 2 rings (SSSR count). The lowest BCUT2D eigenvalue weighted by atomic mass is 9.68. The highest BCUT2D eigenvalue weighted by atomic mass is 16.5. The first-order chi connectivity index (χ1) is 8.88. The molecule has 3 atom stereocenters. The van der Waals surface area contributed by atoms with E-state index in [0.717, 1.165) is 36.1 Å². The van der Waals surface area contributed by atoms with Crippen molar-refractivity contribution in [2.75, 3.05) is 7.11 Å². The summed E-state index contributed by atoms with van der Waals surface area (Å²) >= 11 is 0. The van der Waals surface area contributed by atoms with Crippen molar-refractivity contribution in [1.29, 1.82) is 0 Å². The van der Waals surface area contributed by atoms with Crippen molar-refractivity contribution in [3.05, 3.63) is 28.8 Å². The van der Waals surface area contributed by atoms with E-state index in [2.05, 4.69) is 33.8 Å². The van der Waals surface area contributed by atoms with Gasteiger partial charge in [-0.2, -0.15) is 0 Å². The zero-order valence-electron chi connectivity index (χ0n) is 12.8. The lowest BCUT2D eigenvalue weighted by Crippen LogP contribution is -2.39. The summed E-state index contributed by atoms with van der Waals surface area (Å²) in [4.78, 5) is 0. The molecule has 1 aromatic carbocycles. The van der Waals surface area contributed by atoms with Gasteiger partial charge in [-0.3, -0.25) is 0 Å². The smallest absolute Gasteiger partial charge is 0.125 e. The Bertz CT molecular complexity index is 467. The van der Waals surface area contributed by atoms with Gasteiger partial charge in [-0.05, 0) is 62.1 Å². The first kappa shape index (κ1) is 14.4. The minimum Gasteiger partial charge on any atom is -0.496 e. The molecular weight excluding hydrogens is 236 g/mol. The van der Waals surface area contributed by atoms with Gasteiger partial charge in [0.1, 0.15) is 5.75 Å². The van der Waals surface area contributed by atoms with Crippen molar-refractivity contribution < 1.29 is 9.84 Å². The number of benzene rings is 1. The van der Waals surface area contributed by atoms with E-state index in [4.69, 9.17) is 4.74 Å². The van der Waals surface area contributed by atoms with Crippen LogP contribution in [0.15, 0.2) is 12.1 Å². The van der Waals surface area contributed by atoms with E-state index in [1.165, 1.54) is 5.56 Å². The maximum Gasteiger partial charge on any atom is 0.125 e. The highest BCUT2D eigenvalue weighted by Crippen LogP contribution is 2.47. The van der Waals surface area contributed by atoms with Crippen LogP contribution in [0.1, 0.15) is 49.8 Å². The van der Waals surface area contributed by atoms with Crippen LogP contribution in [0.5, 0.6) is 5.75 Å². The summed E-state index contributed by atoms with van der Waals surface area (Å²) in [5.41, 5.74) is 2.58. The Labute approximate surface area is 116 Å². The van der Waals surface area contributed by atoms with E-state index in [9.17, 15) is 5.11 Å². The molecule has 0 aromatic heterocycles. The van der Waals surface area contributed by atoms with Crippen molar-refractivity contribution >= 4 is 0 Å². The Hall–Kier alpha value is -1.02. The molecule has 0 bridgehead atoms. The van der Waals surface area contributed by atoms with Gasteiger partial charge < -0.3 is 9.84 Å². The maximum atomic E-state index is 11.2. The molecule has 2 heteroatoms. The number of aliphatic hydroxyl groups is 1. The van der Waals surface area contributed by atoms with Crippen LogP contribution in [0.25, 0.3) is 0 Å². The summed E-state index contributed by atoms with van der Waals surface area (Å²) in [6.07, 6.45) is 2.99. The van der Waals surface area contributed by atoms with Gasteiger partial charge in [0, 0.05) is 5.56 Å². The Morgan fingerprint density at radius 1 is 1.26 bits per heavy atom. The van der Waals surface area contributed by atoms with Crippen LogP contribution in [0.3, 0.4) is 0 Å². The Morgan fingerprint density at radius 2 is 1.95 bits per heavy atom. The number of hydrogen-bond acceptors (Lipinski definition) is 2. The van der Waals surface area contributed by atoms with Crippen LogP contribution in [0.2, 0.25) is 0 Å². The third-order valence-corrected chi connectivity index (χ3v) is 4.69. The molecule has 1 aromatic rings. The third kappa shape index (κ3) is 2.51. The molecule has 0 aliphatic heterocycles. The van der Waals surface area contributed by atoms with Gasteiger partial charge in [0.15, 0.2) is 0 Å². The molecule has 1 N–H and O–H groups in total. The largest absolute Gasteiger partial charge is 0.496 e. The number of hydrogen-bond donors (Lipinski definition) is 1. The molecule has 0 amide bonds. The van der Waals surface area contributed by atoms with E-state index in [1.807, 2.05) is 6.07 Å². The topological polar surface area (TPSA) is 29.5 Å². The quantitative estimate of drug-likeness (QED) is 0.874. The molecule has 0 saturated heterocycles. The molecule has 1 saturated carbocycles. The van der Waals surface area contributed by atoms with Crippen molar-refractivity contribution in [1.82, 2.24) is 0 Å². The van der Waals surface area contributed by atoms with Crippen LogP contribution in [0.4, 0.5) is 0 Å². The summed E-state index contributed by atoms with van der Waals surface area (Å²) in [7, 11) is 1.69. The second-order valence-corrected chi connectivity index (χ2v) is 6.36. The molecule has 1 aliphatic carbocycles. The molecule has 1 fully saturated rings. The molecule has 0 radical (unpaired) electrons. The van der Waals surface area contributed by atoms with E-state index < -0.39 is 5.60 Å². The summed E-state index contributed by atoms with van der Waals surface area (Å²) < 4.78 is 5.54. The molecule has 2 nitrogen and oxygen atoms in total. The first-order valence-electron chi connectivity index (χ1n) is 7.26. The average molecular weight is 262 g/mol. The van der Waals surface area contributed by atoms with Crippen molar-refractivity contribution in [2.24, 2.45) is 11.8 Å². The predicted octanol–water partition coefficient (Wildman–Crippen LogP) is 3.96. The SMILES string of the molecule is COc1cc(C)cc(C)c1C1(O)CCC(C)CC1C. The number of ether oxygens (including phenoxy) is 1. The minimum atomic E-state index is -0.740. The second kappa shape index (κ2) is 5.16. The Kier molecular flexibility index (Phi) is 3.91. The van der Waals surface area contributed by atoms with Crippen LogP contribution in [-0.2, 0) is 5.60 Å². The third-order valence-electron chi connectivity index (χ3n) is 4.69. The molecule has 0 spiro atoms. The van der Waals surface area contributed by atoms with E-state index >= 15 is 0 Å². The predicted molar refractivity (Wildman–Crippen MR) is 78.5 cm³/mol. The molecule has 19 heavy (non-hydrogen) atoms. The van der Waals surface area contributed by atoms with Gasteiger partial charge in [-0.25, -0.2) is 0 Å². The number of rotatable bonds is 2. The number of aryl methyl sites for hydroxylation is 2. The maximum absolute atomic E-state index is 11.2. The van der Waals surface area contributed by atoms with Crippen LogP contribution < -0.4 is 4.74 Å². The molecule has 3 unspecified atom stereocenters. The Morgan fingerprint density at radius 3 is 2.53 bits per heavy atom. The van der Waals surface area contributed by atoms with Gasteiger partial charge in [-0.1, -0.05) is 19.9 Å². The van der Waals surface area contributed by atoms with Gasteiger partial charge in [0.05, 0.1) is 12.7 Å². The zero-order valence-corrected chi connectivity index (χ0v) is 12.8. The number of methoxy groups -OCH3 is 1. The lowest BCUT2D eigenvalue weighted by molar-refractivity contribution is -0.0606. The van der Waals surface area contributed by atoms with E-state index in [0.29, 0.717) is 5.92 Å². The van der Waals surface area contributed by atoms with Crippen molar-refractivity contribution in [3.8, 4) is 5.75 Å². The molecular formula is C17H26O2. The fourth-order valence-corrected chi connectivity index (χ4v) is 3.65. The van der Waals surface area contributed by atoms with E-state index in [1.54, 1.807) is 7.11 Å². The summed E-state index contributed by atoms with van der Waals surface area (Å²) in [6, 6.07) is 4.17. The summed E-state index contributed by atoms with van der Waals surface area (Å²) in [6.45, 7) is 8.58. The van der Waals surface area contributed by atoms with Crippen LogP contribution in [0, 0.1) is 25.7 Å². The van der Waals surface area contributed by atoms with Gasteiger partial charge in [0.25, 0.3) is 0 Å². The van der Waals surface area contributed by atoms with Crippen molar-refractivity contribution in [3.63, 3.8) is 0 Å². The average Bonchev–Trinajstić information content (AvgIpc) is 2.33. The van der Waals surface area contributed by atoms with Gasteiger partial charge >= 0.3 is 0 Å².